The van der Waals surface area contributed by atoms with Crippen LogP contribution in [0.5, 0.6) is 0 Å². The summed E-state index contributed by atoms with van der Waals surface area (Å²) in [6.45, 7) is 5.00. The fraction of sp³-hybridized carbons (Fsp3) is 0.400. The lowest BCUT2D eigenvalue weighted by atomic mass is 10.2. The molecule has 0 amide bonds. The van der Waals surface area contributed by atoms with Crippen molar-refractivity contribution in [1.82, 2.24) is 10.3 Å². The summed E-state index contributed by atoms with van der Waals surface area (Å²) in [4.78, 5) is 4.56. The fourth-order valence-corrected chi connectivity index (χ4v) is 2.57. The Hall–Kier alpha value is -1.66. The predicted molar refractivity (Wildman–Crippen MR) is 81.8 cm³/mol. The molecule has 1 atom stereocenters. The highest BCUT2D eigenvalue weighted by Crippen LogP contribution is 2.24. The van der Waals surface area contributed by atoms with Crippen LogP contribution in [0.25, 0.3) is 11.3 Å². The van der Waals surface area contributed by atoms with Gasteiger partial charge in [0.15, 0.2) is 15.6 Å². The number of hydrogen-bond acceptors (Lipinski definition) is 5. The van der Waals surface area contributed by atoms with Crippen molar-refractivity contribution in [1.29, 1.82) is 0 Å². The minimum atomic E-state index is -3.18. The first-order chi connectivity index (χ1) is 9.91. The molecule has 2 rings (SSSR count). The zero-order chi connectivity index (χ0) is 15.5. The SMILES string of the molecule is CCCNC(C)c1ncc(-c2ccc(S(C)(=O)=O)cc2)o1. The number of benzene rings is 1. The van der Waals surface area contributed by atoms with Gasteiger partial charge in [0, 0.05) is 11.8 Å². The molecular weight excluding hydrogens is 288 g/mol. The summed E-state index contributed by atoms with van der Waals surface area (Å²) < 4.78 is 28.6. The van der Waals surface area contributed by atoms with Gasteiger partial charge in [-0.2, -0.15) is 0 Å². The maximum atomic E-state index is 11.4. The number of aromatic nitrogens is 1. The van der Waals surface area contributed by atoms with Crippen molar-refractivity contribution in [3.8, 4) is 11.3 Å². The van der Waals surface area contributed by atoms with Crippen LogP contribution in [0.15, 0.2) is 39.8 Å². The second-order valence-electron chi connectivity index (χ2n) is 5.04. The van der Waals surface area contributed by atoms with Crippen molar-refractivity contribution in [2.24, 2.45) is 0 Å². The molecule has 1 aromatic carbocycles. The molecule has 1 unspecified atom stereocenters. The summed E-state index contributed by atoms with van der Waals surface area (Å²) in [5, 5.41) is 3.31. The maximum Gasteiger partial charge on any atom is 0.211 e. The molecule has 0 radical (unpaired) electrons. The monoisotopic (exact) mass is 308 g/mol. The molecule has 2 aromatic rings. The molecule has 114 valence electrons. The highest BCUT2D eigenvalue weighted by molar-refractivity contribution is 7.90. The van der Waals surface area contributed by atoms with E-state index in [0.29, 0.717) is 16.5 Å². The largest absolute Gasteiger partial charge is 0.439 e. The number of oxazole rings is 1. The van der Waals surface area contributed by atoms with E-state index >= 15 is 0 Å². The molecule has 0 aliphatic carbocycles. The number of rotatable bonds is 6. The summed E-state index contributed by atoms with van der Waals surface area (Å²) in [7, 11) is -3.18. The van der Waals surface area contributed by atoms with Crippen LogP contribution in [0, 0.1) is 0 Å². The standard InChI is InChI=1S/C15H20N2O3S/c1-4-9-16-11(2)15-17-10-14(20-15)12-5-7-13(8-6-12)21(3,18)19/h5-8,10-11,16H,4,9H2,1-3H3. The Morgan fingerprint density at radius 3 is 2.52 bits per heavy atom. The van der Waals surface area contributed by atoms with Crippen molar-refractivity contribution >= 4 is 9.84 Å². The zero-order valence-corrected chi connectivity index (χ0v) is 13.3. The van der Waals surface area contributed by atoms with Crippen LogP contribution in [0.2, 0.25) is 0 Å². The van der Waals surface area contributed by atoms with Crippen molar-refractivity contribution in [2.45, 2.75) is 31.2 Å². The van der Waals surface area contributed by atoms with E-state index in [2.05, 4.69) is 17.2 Å². The van der Waals surface area contributed by atoms with E-state index in [1.807, 2.05) is 6.92 Å². The van der Waals surface area contributed by atoms with E-state index in [9.17, 15) is 8.42 Å². The zero-order valence-electron chi connectivity index (χ0n) is 12.5. The van der Waals surface area contributed by atoms with Gasteiger partial charge >= 0.3 is 0 Å². The van der Waals surface area contributed by atoms with Crippen LogP contribution in [0.3, 0.4) is 0 Å². The van der Waals surface area contributed by atoms with Gasteiger partial charge in [0.1, 0.15) is 0 Å². The van der Waals surface area contributed by atoms with E-state index in [4.69, 9.17) is 4.42 Å². The quantitative estimate of drug-likeness (QED) is 0.888. The molecule has 0 saturated heterocycles. The van der Waals surface area contributed by atoms with Gasteiger partial charge in [-0.1, -0.05) is 6.92 Å². The van der Waals surface area contributed by atoms with Gasteiger partial charge in [0.2, 0.25) is 5.89 Å². The van der Waals surface area contributed by atoms with E-state index in [1.54, 1.807) is 30.5 Å². The first kappa shape index (κ1) is 15.7. The summed E-state index contributed by atoms with van der Waals surface area (Å²) in [5.41, 5.74) is 0.809. The van der Waals surface area contributed by atoms with Gasteiger partial charge in [-0.05, 0) is 44.2 Å². The number of sulfone groups is 1. The van der Waals surface area contributed by atoms with Crippen LogP contribution >= 0.6 is 0 Å². The Kier molecular flexibility index (Phi) is 4.80. The van der Waals surface area contributed by atoms with Gasteiger partial charge in [-0.3, -0.25) is 0 Å². The van der Waals surface area contributed by atoms with Crippen LogP contribution in [-0.4, -0.2) is 26.2 Å². The molecule has 1 heterocycles. The molecule has 0 aliphatic heterocycles. The molecule has 0 spiro atoms. The Balaban J connectivity index is 2.18. The van der Waals surface area contributed by atoms with Gasteiger partial charge in [0.05, 0.1) is 17.1 Å². The first-order valence-electron chi connectivity index (χ1n) is 6.91. The molecule has 21 heavy (non-hydrogen) atoms. The molecular formula is C15H20N2O3S. The molecule has 0 aliphatic rings. The van der Waals surface area contributed by atoms with Crippen LogP contribution in [0.1, 0.15) is 32.2 Å². The number of nitrogens with zero attached hydrogens (tertiary/aromatic N) is 1. The van der Waals surface area contributed by atoms with Crippen LogP contribution in [0.4, 0.5) is 0 Å². The minimum absolute atomic E-state index is 0.0500. The smallest absolute Gasteiger partial charge is 0.211 e. The van der Waals surface area contributed by atoms with Crippen LogP contribution in [-0.2, 0) is 9.84 Å². The lowest BCUT2D eigenvalue weighted by molar-refractivity contribution is 0.423. The van der Waals surface area contributed by atoms with Crippen LogP contribution < -0.4 is 5.32 Å². The second-order valence-corrected chi connectivity index (χ2v) is 7.05. The topological polar surface area (TPSA) is 72.2 Å². The normalized spacial score (nSPS) is 13.3. The molecule has 0 saturated carbocycles. The average Bonchev–Trinajstić information content (AvgIpc) is 2.94. The summed E-state index contributed by atoms with van der Waals surface area (Å²) >= 11 is 0. The highest BCUT2D eigenvalue weighted by atomic mass is 32.2. The minimum Gasteiger partial charge on any atom is -0.439 e. The number of nitrogens with one attached hydrogen (secondary N) is 1. The third-order valence-electron chi connectivity index (χ3n) is 3.16. The molecule has 0 fully saturated rings. The number of hydrogen-bond donors (Lipinski definition) is 1. The lowest BCUT2D eigenvalue weighted by Crippen LogP contribution is -2.19. The predicted octanol–water partition coefficient (Wildman–Crippen LogP) is 2.81. The van der Waals surface area contributed by atoms with Crippen molar-refractivity contribution in [3.63, 3.8) is 0 Å². The van der Waals surface area contributed by atoms with Gasteiger partial charge in [-0.15, -0.1) is 0 Å². The van der Waals surface area contributed by atoms with Crippen molar-refractivity contribution in [2.75, 3.05) is 12.8 Å². The van der Waals surface area contributed by atoms with Gasteiger partial charge in [0.25, 0.3) is 0 Å². The molecule has 6 heteroatoms. The molecule has 1 N–H and O–H groups in total. The average molecular weight is 308 g/mol. The van der Waals surface area contributed by atoms with E-state index in [1.165, 1.54) is 6.26 Å². The Labute approximate surface area is 125 Å². The maximum absolute atomic E-state index is 11.4. The Bertz CT molecular complexity index is 690. The third-order valence-corrected chi connectivity index (χ3v) is 4.29. The third kappa shape index (κ3) is 3.92. The van der Waals surface area contributed by atoms with Crippen molar-refractivity contribution in [3.05, 3.63) is 36.4 Å². The molecule has 5 nitrogen and oxygen atoms in total. The van der Waals surface area contributed by atoms with E-state index < -0.39 is 9.84 Å². The lowest BCUT2D eigenvalue weighted by Gasteiger charge is -2.08. The summed E-state index contributed by atoms with van der Waals surface area (Å²) in [6.07, 6.45) is 3.90. The van der Waals surface area contributed by atoms with Gasteiger partial charge < -0.3 is 9.73 Å². The molecule has 0 bridgehead atoms. The second kappa shape index (κ2) is 6.41. The summed E-state index contributed by atoms with van der Waals surface area (Å²) in [5.74, 6) is 1.26. The van der Waals surface area contributed by atoms with Crippen molar-refractivity contribution < 1.29 is 12.8 Å². The molecule has 1 aromatic heterocycles. The summed E-state index contributed by atoms with van der Waals surface area (Å²) in [6, 6.07) is 6.65. The first-order valence-corrected chi connectivity index (χ1v) is 8.80. The van der Waals surface area contributed by atoms with E-state index in [0.717, 1.165) is 18.5 Å². The Morgan fingerprint density at radius 2 is 1.95 bits per heavy atom. The van der Waals surface area contributed by atoms with E-state index in [-0.39, 0.29) is 6.04 Å². The fourth-order valence-electron chi connectivity index (χ4n) is 1.94. The van der Waals surface area contributed by atoms with Gasteiger partial charge in [-0.25, -0.2) is 13.4 Å². The highest BCUT2D eigenvalue weighted by Gasteiger charge is 2.13. The Morgan fingerprint density at radius 1 is 1.29 bits per heavy atom.